The van der Waals surface area contributed by atoms with Crippen molar-refractivity contribution in [2.45, 2.75) is 31.5 Å². The molecule has 0 aliphatic heterocycles. The number of pyridine rings is 1. The lowest BCUT2D eigenvalue weighted by molar-refractivity contribution is -0.270. The lowest BCUT2D eigenvalue weighted by atomic mass is 9.89. The van der Waals surface area contributed by atoms with Gasteiger partial charge in [0.25, 0.3) is 0 Å². The first kappa shape index (κ1) is 29.1. The minimum absolute atomic E-state index is 0.0224. The molecule has 38 heavy (non-hydrogen) atoms. The van der Waals surface area contributed by atoms with E-state index < -0.39 is 54.5 Å². The predicted molar refractivity (Wildman–Crippen MR) is 132 cm³/mol. The van der Waals surface area contributed by atoms with E-state index in [-0.39, 0.29) is 38.4 Å². The number of carbonyl (C=O) groups is 2. The Morgan fingerprint density at radius 3 is 2.32 bits per heavy atom. The van der Waals surface area contributed by atoms with Crippen molar-refractivity contribution in [1.82, 2.24) is 4.98 Å². The Morgan fingerprint density at radius 1 is 1.05 bits per heavy atom. The molecule has 1 heterocycles. The van der Waals surface area contributed by atoms with E-state index >= 15 is 0 Å². The van der Waals surface area contributed by atoms with Gasteiger partial charge in [0, 0.05) is 17.5 Å². The number of hydrogen-bond acceptors (Lipinski definition) is 6. The summed E-state index contributed by atoms with van der Waals surface area (Å²) >= 11 is 3.13. The van der Waals surface area contributed by atoms with Gasteiger partial charge in [-0.25, -0.2) is 14.2 Å². The topological polar surface area (TPSA) is 106 Å². The summed E-state index contributed by atoms with van der Waals surface area (Å²) in [4.78, 5) is 27.4. The maximum atomic E-state index is 14.2. The number of ketones is 1. The van der Waals surface area contributed by atoms with Crippen LogP contribution in [-0.2, 0) is 10.4 Å². The van der Waals surface area contributed by atoms with Crippen molar-refractivity contribution in [3.8, 4) is 22.8 Å². The molecule has 3 aromatic rings. The number of aliphatic carboxylic acids is 1. The minimum Gasteiger partial charge on any atom is -0.494 e. The molecule has 1 aromatic heterocycles. The summed E-state index contributed by atoms with van der Waals surface area (Å²) in [6.45, 7) is 0.856. The second-order valence-electron chi connectivity index (χ2n) is 8.32. The number of carboxylic acid groups (broad SMARTS) is 1. The Labute approximate surface area is 223 Å². The summed E-state index contributed by atoms with van der Waals surface area (Å²) < 4.78 is 66.8. The fourth-order valence-corrected chi connectivity index (χ4v) is 4.12. The van der Waals surface area contributed by atoms with Gasteiger partial charge in [-0.05, 0) is 83.4 Å². The predicted octanol–water partition coefficient (Wildman–Crippen LogP) is 5.84. The van der Waals surface area contributed by atoms with Gasteiger partial charge in [-0.1, -0.05) is 0 Å². The van der Waals surface area contributed by atoms with Crippen molar-refractivity contribution in [2.75, 3.05) is 13.7 Å². The third-order valence-corrected chi connectivity index (χ3v) is 6.34. The van der Waals surface area contributed by atoms with Crippen LogP contribution >= 0.6 is 15.9 Å². The van der Waals surface area contributed by atoms with E-state index in [9.17, 15) is 32.3 Å². The van der Waals surface area contributed by atoms with E-state index in [1.165, 1.54) is 50.4 Å². The molecule has 0 radical (unpaired) electrons. The average molecular weight is 600 g/mol. The summed E-state index contributed by atoms with van der Waals surface area (Å²) in [6, 6.07) is 9.89. The monoisotopic (exact) mass is 599 g/mol. The number of halogens is 5. The van der Waals surface area contributed by atoms with Crippen molar-refractivity contribution in [3.05, 3.63) is 75.6 Å². The summed E-state index contributed by atoms with van der Waals surface area (Å²) in [5.74, 6) is -2.20. The summed E-state index contributed by atoms with van der Waals surface area (Å²) in [5.41, 5.74) is -3.75. The molecule has 0 saturated carbocycles. The zero-order valence-electron chi connectivity index (χ0n) is 20.1. The van der Waals surface area contributed by atoms with Gasteiger partial charge in [0.05, 0.1) is 17.3 Å². The Morgan fingerprint density at radius 2 is 1.74 bits per heavy atom. The molecule has 0 saturated heterocycles. The Bertz CT molecular complexity index is 1360. The van der Waals surface area contributed by atoms with Crippen molar-refractivity contribution in [1.29, 1.82) is 0 Å². The molecular formula is C26H22BrF4NO6. The van der Waals surface area contributed by atoms with Crippen LogP contribution in [0, 0.1) is 12.7 Å². The molecule has 0 spiro atoms. The first-order valence-electron chi connectivity index (χ1n) is 11.1. The van der Waals surface area contributed by atoms with Crippen LogP contribution in [0.4, 0.5) is 17.6 Å². The zero-order valence-corrected chi connectivity index (χ0v) is 21.7. The molecule has 0 aliphatic carbocycles. The Kier molecular flexibility index (Phi) is 8.78. The van der Waals surface area contributed by atoms with Crippen molar-refractivity contribution < 1.29 is 46.8 Å². The van der Waals surface area contributed by atoms with Crippen LogP contribution in [0.25, 0.3) is 11.3 Å². The van der Waals surface area contributed by atoms with Gasteiger partial charge in [-0.2, -0.15) is 13.2 Å². The van der Waals surface area contributed by atoms with E-state index in [2.05, 4.69) is 20.9 Å². The first-order chi connectivity index (χ1) is 17.8. The molecule has 7 nitrogen and oxygen atoms in total. The van der Waals surface area contributed by atoms with Crippen molar-refractivity contribution >= 4 is 27.7 Å². The average Bonchev–Trinajstić information content (AvgIpc) is 2.86. The SMILES string of the molecule is COc1ccc(C(O)(CCC(=O)c2ccc(OCC(=O)O)c(Br)c2)C(F)(F)F)nc1-c1ccc(F)c(C)c1. The summed E-state index contributed by atoms with van der Waals surface area (Å²) in [7, 11) is 1.29. The molecule has 202 valence electrons. The summed E-state index contributed by atoms with van der Waals surface area (Å²) in [6.07, 6.45) is -6.93. The molecule has 12 heteroatoms. The summed E-state index contributed by atoms with van der Waals surface area (Å²) in [5, 5.41) is 19.6. The number of carbonyl (C=O) groups excluding carboxylic acids is 1. The van der Waals surface area contributed by atoms with Crippen LogP contribution in [0.15, 0.2) is 53.0 Å². The molecule has 2 N–H and O–H groups in total. The lowest BCUT2D eigenvalue weighted by Gasteiger charge is -2.30. The van der Waals surface area contributed by atoms with E-state index in [1.54, 1.807) is 0 Å². The number of nitrogens with zero attached hydrogens (tertiary/aromatic N) is 1. The second kappa shape index (κ2) is 11.5. The highest BCUT2D eigenvalue weighted by molar-refractivity contribution is 9.10. The molecule has 1 unspecified atom stereocenters. The third-order valence-electron chi connectivity index (χ3n) is 5.72. The number of benzene rings is 2. The highest BCUT2D eigenvalue weighted by Crippen LogP contribution is 2.43. The van der Waals surface area contributed by atoms with E-state index in [4.69, 9.17) is 14.6 Å². The normalized spacial score (nSPS) is 13.1. The molecule has 0 fully saturated rings. The number of carboxylic acids is 1. The Hall–Kier alpha value is -3.51. The zero-order chi connectivity index (χ0) is 28.3. The van der Waals surface area contributed by atoms with Crippen LogP contribution < -0.4 is 9.47 Å². The van der Waals surface area contributed by atoms with Gasteiger partial charge in [0.2, 0.25) is 5.60 Å². The lowest BCUT2D eigenvalue weighted by Crippen LogP contribution is -2.43. The number of alkyl halides is 3. The van der Waals surface area contributed by atoms with E-state index in [1.807, 2.05) is 0 Å². The Balaban J connectivity index is 1.92. The van der Waals surface area contributed by atoms with Crippen LogP contribution in [-0.4, -0.2) is 46.8 Å². The number of methoxy groups -OCH3 is 1. The van der Waals surface area contributed by atoms with Crippen LogP contribution in [0.2, 0.25) is 0 Å². The molecule has 2 aromatic carbocycles. The number of hydrogen-bond donors (Lipinski definition) is 2. The fourth-order valence-electron chi connectivity index (χ4n) is 3.62. The third kappa shape index (κ3) is 6.30. The number of aromatic nitrogens is 1. The molecule has 0 aliphatic rings. The number of ether oxygens (including phenoxy) is 2. The quantitative estimate of drug-likeness (QED) is 0.223. The van der Waals surface area contributed by atoms with Gasteiger partial charge in [0.15, 0.2) is 12.4 Å². The number of rotatable bonds is 10. The maximum absolute atomic E-state index is 14.2. The van der Waals surface area contributed by atoms with E-state index in [0.29, 0.717) is 0 Å². The molecule has 1 atom stereocenters. The standard InChI is InChI=1S/C26H22BrF4NO6/c1-14-11-16(3-5-18(14)28)24-21(37-2)7-8-22(32-24)25(36,26(29,30)31)10-9-19(33)15-4-6-20(17(27)12-15)38-13-23(34)35/h3-8,11-12,36H,9-10,13H2,1-2H3,(H,34,35). The van der Waals surface area contributed by atoms with Crippen LogP contribution in [0.5, 0.6) is 11.5 Å². The van der Waals surface area contributed by atoms with Crippen molar-refractivity contribution in [3.63, 3.8) is 0 Å². The van der Waals surface area contributed by atoms with Gasteiger partial charge >= 0.3 is 12.1 Å². The number of aryl methyl sites for hydroxylation is 1. The molecular weight excluding hydrogens is 578 g/mol. The van der Waals surface area contributed by atoms with Gasteiger partial charge in [-0.3, -0.25) is 4.79 Å². The highest BCUT2D eigenvalue weighted by atomic mass is 79.9. The molecule has 0 amide bonds. The van der Waals surface area contributed by atoms with Crippen LogP contribution in [0.1, 0.15) is 34.5 Å². The van der Waals surface area contributed by atoms with E-state index in [0.717, 1.165) is 12.1 Å². The second-order valence-corrected chi connectivity index (χ2v) is 9.17. The highest BCUT2D eigenvalue weighted by Gasteiger charge is 2.56. The number of Topliss-reactive ketones (excluding diaryl/α,β-unsaturated/α-hetero) is 1. The van der Waals surface area contributed by atoms with Gasteiger partial charge in [0.1, 0.15) is 23.0 Å². The molecule has 3 rings (SSSR count). The number of aliphatic hydroxyl groups is 1. The van der Waals surface area contributed by atoms with Gasteiger partial charge < -0.3 is 19.7 Å². The van der Waals surface area contributed by atoms with Crippen molar-refractivity contribution in [2.24, 2.45) is 0 Å². The molecule has 0 bridgehead atoms. The first-order valence-corrected chi connectivity index (χ1v) is 11.8. The minimum atomic E-state index is -5.19. The largest absolute Gasteiger partial charge is 0.494 e. The van der Waals surface area contributed by atoms with Crippen LogP contribution in [0.3, 0.4) is 0 Å². The maximum Gasteiger partial charge on any atom is 0.422 e. The fraction of sp³-hybridized carbons (Fsp3) is 0.269. The van der Waals surface area contributed by atoms with Gasteiger partial charge in [-0.15, -0.1) is 0 Å². The smallest absolute Gasteiger partial charge is 0.422 e.